The van der Waals surface area contributed by atoms with Crippen LogP contribution >= 0.6 is 7.82 Å². The topological polar surface area (TPSA) is 167 Å². The minimum Gasteiger partial charge on any atom is -0.822 e. The van der Waals surface area contributed by atoms with Crippen molar-refractivity contribution in [3.8, 4) is 0 Å². The molecule has 0 aliphatic rings. The molecule has 13 heavy (non-hydrogen) atoms. The minimum atomic E-state index is -5.39. The zero-order valence-corrected chi connectivity index (χ0v) is 9.26. The minimum absolute atomic E-state index is 0. The van der Waals surface area contributed by atoms with Gasteiger partial charge in [0.2, 0.25) is 0 Å². The molecule has 0 spiro atoms. The molecule has 0 aromatic heterocycles. The molecule has 4 N–H and O–H groups in total. The van der Waals surface area contributed by atoms with Gasteiger partial charge in [0.15, 0.2) is 0 Å². The first-order chi connectivity index (χ1) is 4.00. The van der Waals surface area contributed by atoms with Crippen LogP contribution in [0.2, 0.25) is 0 Å². The Labute approximate surface area is 111 Å². The van der Waals surface area contributed by atoms with Gasteiger partial charge in [-0.3, -0.25) is 0 Å². The van der Waals surface area contributed by atoms with Crippen LogP contribution in [-0.4, -0.2) is 28.2 Å². The van der Waals surface area contributed by atoms with Gasteiger partial charge in [-0.1, -0.05) is 0 Å². The summed E-state index contributed by atoms with van der Waals surface area (Å²) >= 11 is 0. The van der Waals surface area contributed by atoms with E-state index < -0.39 is 16.9 Å². The molecule has 0 aliphatic carbocycles. The van der Waals surface area contributed by atoms with Crippen LogP contribution in [0.5, 0.6) is 0 Å². The van der Waals surface area contributed by atoms with Crippen molar-refractivity contribution < 1.29 is 95.0 Å². The van der Waals surface area contributed by atoms with Crippen LogP contribution < -0.4 is 71.3 Å². The van der Waals surface area contributed by atoms with Crippen LogP contribution in [0.3, 0.4) is 0 Å². The summed E-state index contributed by atoms with van der Waals surface area (Å²) in [6.45, 7) is 0. The Morgan fingerprint density at radius 2 is 0.846 bits per heavy atom. The summed E-state index contributed by atoms with van der Waals surface area (Å²) in [5.41, 5.74) is 0. The monoisotopic (exact) mass is 212 g/mol. The first-order valence-electron chi connectivity index (χ1n) is 1.62. The van der Waals surface area contributed by atoms with E-state index in [1.54, 1.807) is 0 Å². The number of rotatable bonds is 0. The molecule has 0 saturated carbocycles. The van der Waals surface area contributed by atoms with E-state index in [2.05, 4.69) is 0 Å². The largest absolute Gasteiger partial charge is 1.00 e. The fourth-order valence-electron chi connectivity index (χ4n) is 0. The second-order valence-electron chi connectivity index (χ2n) is 1.05. The fourth-order valence-corrected chi connectivity index (χ4v) is 0. The van der Waals surface area contributed by atoms with Gasteiger partial charge < -0.3 is 38.4 Å². The summed E-state index contributed by atoms with van der Waals surface area (Å²) in [7, 11) is -10.0. The first kappa shape index (κ1) is 29.4. The Balaban J connectivity index is -0.0000000267. The second-order valence-corrected chi connectivity index (χ2v) is 3.14. The van der Waals surface area contributed by atoms with Crippen molar-refractivity contribution >= 4 is 16.9 Å². The molecule has 0 aliphatic heterocycles. The predicted molar refractivity (Wildman–Crippen MR) is 22.2 cm³/mol. The summed E-state index contributed by atoms with van der Waals surface area (Å²) in [5.74, 6) is 0. The van der Waals surface area contributed by atoms with Crippen molar-refractivity contribution in [3.05, 3.63) is 0 Å². The van der Waals surface area contributed by atoms with Gasteiger partial charge in [0.05, 0.1) is 0 Å². The summed E-state index contributed by atoms with van der Waals surface area (Å²) in [5, 5.41) is 0. The number of hydrogen-bond donors (Lipinski definition) is 4. The molecule has 0 radical (unpaired) electrons. The first-order valence-corrected chi connectivity index (χ1v) is 4.87. The molecule has 64 valence electrons. The second kappa shape index (κ2) is 12.0. The van der Waals surface area contributed by atoms with Crippen molar-refractivity contribution in [1.29, 1.82) is 0 Å². The SMILES string of the molecule is O=P([O-])([O-])[O-].O[Si](O)(O)O.[Li+].[Li+].[Li+]. The number of hydrogen-bond acceptors (Lipinski definition) is 8. The third-order valence-corrected chi connectivity index (χ3v) is 0. The maximum Gasteiger partial charge on any atom is 1.00 e. The van der Waals surface area contributed by atoms with E-state index in [1.165, 1.54) is 0 Å². The summed E-state index contributed by atoms with van der Waals surface area (Å²) < 4.78 is 8.55. The predicted octanol–water partition coefficient (Wildman–Crippen LogP) is -14.4. The summed E-state index contributed by atoms with van der Waals surface area (Å²) in [4.78, 5) is 55.0. The normalized spacial score (nSPS) is 9.15. The van der Waals surface area contributed by atoms with Gasteiger partial charge in [-0.15, -0.1) is 0 Å². The smallest absolute Gasteiger partial charge is 0.822 e. The Hall–Kier alpha value is 1.96. The molecule has 0 saturated heterocycles. The molecule has 0 unspecified atom stereocenters. The van der Waals surface area contributed by atoms with Crippen molar-refractivity contribution in [2.45, 2.75) is 0 Å². The van der Waals surface area contributed by atoms with Crippen LogP contribution in [0.25, 0.3) is 0 Å². The van der Waals surface area contributed by atoms with E-state index in [4.69, 9.17) is 38.4 Å². The zero-order valence-electron chi connectivity index (χ0n) is 7.37. The third-order valence-electron chi connectivity index (χ3n) is 0. The molecule has 0 aromatic rings. The van der Waals surface area contributed by atoms with E-state index in [0.29, 0.717) is 0 Å². The van der Waals surface area contributed by atoms with Gasteiger partial charge in [0, 0.05) is 0 Å². The van der Waals surface area contributed by atoms with Crippen LogP contribution in [0.4, 0.5) is 0 Å². The molecule has 0 amide bonds. The van der Waals surface area contributed by atoms with Gasteiger partial charge >= 0.3 is 65.6 Å². The Kier molecular flexibility index (Phi) is 27.2. The van der Waals surface area contributed by atoms with Crippen LogP contribution in [-0.2, 0) is 4.57 Å². The molecule has 13 heteroatoms. The molecular formula is H4Li3O8PSi. The van der Waals surface area contributed by atoms with Crippen molar-refractivity contribution in [2.75, 3.05) is 0 Å². The van der Waals surface area contributed by atoms with E-state index in [-0.39, 0.29) is 56.6 Å². The van der Waals surface area contributed by atoms with Crippen LogP contribution in [0.1, 0.15) is 0 Å². The molecule has 0 fully saturated rings. The van der Waals surface area contributed by atoms with Crippen molar-refractivity contribution in [1.82, 2.24) is 0 Å². The maximum absolute atomic E-state index is 8.55. The Morgan fingerprint density at radius 1 is 0.846 bits per heavy atom. The van der Waals surface area contributed by atoms with Gasteiger partial charge in [0.1, 0.15) is 0 Å². The van der Waals surface area contributed by atoms with Gasteiger partial charge in [-0.2, -0.15) is 7.82 Å². The zero-order chi connectivity index (χ0) is 9.00. The summed E-state index contributed by atoms with van der Waals surface area (Å²) in [6.07, 6.45) is 0. The molecular weight excluding hydrogens is 208 g/mol. The third kappa shape index (κ3) is 520. The van der Waals surface area contributed by atoms with Gasteiger partial charge in [-0.05, 0) is 0 Å². The van der Waals surface area contributed by atoms with Crippen LogP contribution in [0.15, 0.2) is 0 Å². The van der Waals surface area contributed by atoms with Crippen molar-refractivity contribution in [3.63, 3.8) is 0 Å². The molecule has 0 bridgehead atoms. The maximum atomic E-state index is 8.55. The molecule has 8 nitrogen and oxygen atoms in total. The van der Waals surface area contributed by atoms with E-state index in [9.17, 15) is 0 Å². The van der Waals surface area contributed by atoms with E-state index in [1.807, 2.05) is 0 Å². The molecule has 0 aromatic carbocycles. The average molecular weight is 212 g/mol. The number of phosphoric acid groups is 1. The van der Waals surface area contributed by atoms with Crippen molar-refractivity contribution in [2.24, 2.45) is 0 Å². The standard InChI is InChI=1S/3Li.H3O4P.H4O4Si/c;;;2*1-5(2,3)4/h;;;(H3,1,2,3,4);1-4H/q3*+1;;/p-3. The Bertz CT molecular complexity index is 112. The fraction of sp³-hybridized carbons (Fsp3) is 0. The summed E-state index contributed by atoms with van der Waals surface area (Å²) in [6, 6.07) is 0. The molecule has 0 atom stereocenters. The van der Waals surface area contributed by atoms with Crippen LogP contribution in [0, 0.1) is 0 Å². The average Bonchev–Trinajstić information content (AvgIpc) is 1.12. The Morgan fingerprint density at radius 3 is 0.846 bits per heavy atom. The molecule has 0 rings (SSSR count). The van der Waals surface area contributed by atoms with Gasteiger partial charge in [-0.25, -0.2) is 0 Å². The van der Waals surface area contributed by atoms with E-state index >= 15 is 0 Å². The molecule has 0 heterocycles. The van der Waals surface area contributed by atoms with Gasteiger partial charge in [0.25, 0.3) is 0 Å². The quantitative estimate of drug-likeness (QED) is 0.226. The van der Waals surface area contributed by atoms with E-state index in [0.717, 1.165) is 0 Å².